The number of ether oxygens (including phenoxy) is 6. The van der Waals surface area contributed by atoms with Crippen LogP contribution in [0.4, 0.5) is 11.4 Å². The maximum atomic E-state index is 12.2. The van der Waals surface area contributed by atoms with Gasteiger partial charge in [0, 0.05) is 61.3 Å². The van der Waals surface area contributed by atoms with Gasteiger partial charge in [-0.15, -0.1) is 0 Å². The van der Waals surface area contributed by atoms with Crippen molar-refractivity contribution >= 4 is 53.8 Å². The number of carbonyl (C=O) groups is 1. The van der Waals surface area contributed by atoms with Crippen LogP contribution < -0.4 is 33.3 Å². The van der Waals surface area contributed by atoms with Crippen LogP contribution >= 0.6 is 0 Å². The minimum Gasteiger partial charge on any atom is -0.493 e. The molecule has 10 heteroatoms. The Balaban J connectivity index is 1.11. The maximum Gasteiger partial charge on any atom is 0.346 e. The predicted octanol–water partition coefficient (Wildman–Crippen LogP) is 25.0. The number of anilines is 2. The van der Waals surface area contributed by atoms with Crippen molar-refractivity contribution in [3.05, 3.63) is 225 Å². The number of hydrogen-bond donors (Lipinski definition) is 1. The Hall–Kier alpha value is -9.72. The highest BCUT2D eigenvalue weighted by Crippen LogP contribution is 2.53. The lowest BCUT2D eigenvalue weighted by Crippen LogP contribution is -2.19. The highest BCUT2D eigenvalue weighted by Gasteiger charge is 2.38. The van der Waals surface area contributed by atoms with Gasteiger partial charge in [-0.05, 0) is 204 Å². The zero-order chi connectivity index (χ0) is 75.7. The molecule has 0 bridgehead atoms. The molecule has 0 atom stereocenters. The Morgan fingerprint density at radius 3 is 1.05 bits per heavy atom. The van der Waals surface area contributed by atoms with Crippen molar-refractivity contribution in [3.8, 4) is 62.8 Å². The molecule has 552 valence electrons. The van der Waals surface area contributed by atoms with Gasteiger partial charge in [0.05, 0.1) is 39.6 Å². The summed E-state index contributed by atoms with van der Waals surface area (Å²) in [5.41, 5.74) is 18.1. The van der Waals surface area contributed by atoms with Gasteiger partial charge >= 0.3 is 5.97 Å². The summed E-state index contributed by atoms with van der Waals surface area (Å²) in [6, 6.07) is 45.3. The Morgan fingerprint density at radius 1 is 0.429 bits per heavy atom. The Labute approximate surface area is 628 Å². The van der Waals surface area contributed by atoms with Gasteiger partial charge in [-0.25, -0.2) is 4.79 Å². The molecule has 2 aliphatic rings. The first kappa shape index (κ1) is 79.4. The zero-order valence-electron chi connectivity index (χ0n) is 65.7. The van der Waals surface area contributed by atoms with Crippen molar-refractivity contribution in [2.45, 2.75) is 167 Å². The first-order chi connectivity index (χ1) is 50.2. The average molecular weight is 1410 g/mol. The normalized spacial score (nSPS) is 13.8. The maximum absolute atomic E-state index is 12.2. The molecule has 0 heterocycles. The topological polar surface area (TPSA) is 120 Å². The molecule has 10 nitrogen and oxygen atoms in total. The molecule has 0 amide bonds. The van der Waals surface area contributed by atoms with Crippen LogP contribution in [-0.4, -0.2) is 50.7 Å². The lowest BCUT2D eigenvalue weighted by molar-refractivity contribution is -0.132. The second-order valence-electron chi connectivity index (χ2n) is 31.7. The number of nitriles is 1. The smallest absolute Gasteiger partial charge is 0.346 e. The fourth-order valence-corrected chi connectivity index (χ4v) is 13.2. The zero-order valence-corrected chi connectivity index (χ0v) is 65.7. The molecule has 105 heavy (non-hydrogen) atoms. The second-order valence-corrected chi connectivity index (χ2v) is 31.7. The lowest BCUT2D eigenvalue weighted by atomic mass is 9.82. The van der Waals surface area contributed by atoms with E-state index in [4.69, 9.17) is 35.0 Å². The SMILES string of the molecule is C=C(\C=C/C(=C\C)/C=C/c1cc(OCCC(C)C)c(/C=C/c2cc(OCCC(C)C)c(/C=C/c3cc(OCCC(C)C)c(/C=C(\C#N)C(=O)O)cc3OCCC(C)C)cc2OCCC(C)C)cc1OCCC(C)C)N(c1ccc2c(c1)C(C)(C)c1ccccc1-2)c1ccc2c(c1)C(C)(C)c1ccccc1-2. The molecule has 1 N–H and O–H groups in total. The van der Waals surface area contributed by atoms with E-state index in [1.54, 1.807) is 6.07 Å². The number of nitrogens with zero attached hydrogens (tertiary/aromatic N) is 2. The molecule has 0 spiro atoms. The number of fused-ring (bicyclic) bond motifs is 6. The van der Waals surface area contributed by atoms with Gasteiger partial charge in [0.15, 0.2) is 0 Å². The third kappa shape index (κ3) is 20.4. The summed E-state index contributed by atoms with van der Waals surface area (Å²) >= 11 is 0. The fraction of sp³-hybridized carbons (Fsp3) is 0.389. The summed E-state index contributed by atoms with van der Waals surface area (Å²) in [5.74, 6) is 4.90. The van der Waals surface area contributed by atoms with Gasteiger partial charge in [0.1, 0.15) is 46.1 Å². The standard InChI is InChI=1S/C95H114N2O8/c1-19-69(29-28-68(14)97(77-36-38-81-79-24-20-22-26-83(79)94(15,16)85(81)59-77)78-37-39-82-80-25-21-23-27-84(80)95(17,18)86(82)60-78)30-31-70-53-88(101-47-41-63(4)5)71(54-87(70)100-46-40-62(2)3)32-33-72-55-90(103-49-43-65(8)9)73(56-89(72)102-48-42-64(6)7)34-35-74-57-92(105-51-45-67(12)13)75(52-76(61-96)93(98)99)58-91(74)104-50-44-66(10)11/h19-39,52-60,62-67H,14,40-51H2,1-13,15-18H3,(H,98,99)/b29-28-,31-30+,33-32+,35-34+,69-19+,76-52+. The van der Waals surface area contributed by atoms with Gasteiger partial charge in [-0.3, -0.25) is 0 Å². The van der Waals surface area contributed by atoms with Crippen molar-refractivity contribution in [1.82, 2.24) is 0 Å². The largest absolute Gasteiger partial charge is 0.493 e. The van der Waals surface area contributed by atoms with Gasteiger partial charge < -0.3 is 38.4 Å². The number of carboxylic acids is 1. The molecule has 7 aromatic rings. The van der Waals surface area contributed by atoms with E-state index in [-0.39, 0.29) is 10.8 Å². The molecule has 9 rings (SSSR count). The number of carboxylic acid groups (broad SMARTS) is 1. The first-order valence-corrected chi connectivity index (χ1v) is 38.2. The lowest BCUT2D eigenvalue weighted by Gasteiger charge is -2.30. The molecule has 0 fully saturated rings. The Kier molecular flexibility index (Phi) is 27.5. The van der Waals surface area contributed by atoms with Gasteiger partial charge in [0.25, 0.3) is 0 Å². The van der Waals surface area contributed by atoms with Crippen LogP contribution in [0.2, 0.25) is 0 Å². The summed E-state index contributed by atoms with van der Waals surface area (Å²) in [5, 5.41) is 19.8. The van der Waals surface area contributed by atoms with E-state index >= 15 is 0 Å². The van der Waals surface area contributed by atoms with E-state index < -0.39 is 11.5 Å². The summed E-state index contributed by atoms with van der Waals surface area (Å²) in [6.07, 6.45) is 25.3. The van der Waals surface area contributed by atoms with E-state index in [1.807, 2.05) is 24.3 Å². The first-order valence-electron chi connectivity index (χ1n) is 38.2. The van der Waals surface area contributed by atoms with Crippen LogP contribution in [0.15, 0.2) is 169 Å². The second kappa shape index (κ2) is 36.3. The van der Waals surface area contributed by atoms with Gasteiger partial charge in [0.2, 0.25) is 0 Å². The van der Waals surface area contributed by atoms with E-state index in [2.05, 4.69) is 274 Å². The summed E-state index contributed by atoms with van der Waals surface area (Å²) < 4.78 is 40.2. The minimum atomic E-state index is -1.32. The van der Waals surface area contributed by atoms with Gasteiger partial charge in [-0.1, -0.05) is 227 Å². The van der Waals surface area contributed by atoms with E-state index in [0.29, 0.717) is 104 Å². The van der Waals surface area contributed by atoms with Crippen molar-refractivity contribution in [3.63, 3.8) is 0 Å². The van der Waals surface area contributed by atoms with Crippen LogP contribution in [-0.2, 0) is 15.6 Å². The third-order valence-electron chi connectivity index (χ3n) is 19.9. The molecule has 2 aliphatic carbocycles. The van der Waals surface area contributed by atoms with Crippen molar-refractivity contribution in [2.24, 2.45) is 35.5 Å². The Bertz CT molecular complexity index is 4330. The van der Waals surface area contributed by atoms with Gasteiger partial charge in [-0.2, -0.15) is 5.26 Å². The van der Waals surface area contributed by atoms with Crippen molar-refractivity contribution < 1.29 is 38.3 Å². The molecule has 0 unspecified atom stereocenters. The molecule has 7 aromatic carbocycles. The number of allylic oxidation sites excluding steroid dienone is 5. The predicted molar refractivity (Wildman–Crippen MR) is 439 cm³/mol. The van der Waals surface area contributed by atoms with Crippen LogP contribution in [0, 0.1) is 46.8 Å². The highest BCUT2D eigenvalue weighted by atomic mass is 16.5. The van der Waals surface area contributed by atoms with Crippen LogP contribution in [0.1, 0.15) is 212 Å². The molecule has 0 radical (unpaired) electrons. The third-order valence-corrected chi connectivity index (χ3v) is 19.9. The van der Waals surface area contributed by atoms with Crippen LogP contribution in [0.3, 0.4) is 0 Å². The van der Waals surface area contributed by atoms with E-state index in [1.165, 1.54) is 50.6 Å². The quantitative estimate of drug-likeness (QED) is 0.0174. The van der Waals surface area contributed by atoms with E-state index in [0.717, 1.165) is 100 Å². The van der Waals surface area contributed by atoms with Crippen molar-refractivity contribution in [1.29, 1.82) is 5.26 Å². The molecule has 0 saturated carbocycles. The number of rotatable bonds is 37. The number of hydrogen-bond acceptors (Lipinski definition) is 9. The average Bonchev–Trinajstić information content (AvgIpc) is 1.59. The minimum absolute atomic E-state index is 0.190. The van der Waals surface area contributed by atoms with Crippen molar-refractivity contribution in [2.75, 3.05) is 44.5 Å². The highest BCUT2D eigenvalue weighted by molar-refractivity contribution is 5.97. The molecule has 0 saturated heterocycles. The summed E-state index contributed by atoms with van der Waals surface area (Å²) in [6.45, 7) is 45.3. The molecule has 0 aromatic heterocycles. The molecule has 0 aliphatic heterocycles. The van der Waals surface area contributed by atoms with Crippen LogP contribution in [0.25, 0.3) is 58.7 Å². The number of benzene rings is 7. The summed E-state index contributed by atoms with van der Waals surface area (Å²) in [4.78, 5) is 14.5. The molecular formula is C95H114N2O8. The summed E-state index contributed by atoms with van der Waals surface area (Å²) in [7, 11) is 0. The van der Waals surface area contributed by atoms with E-state index in [9.17, 15) is 15.2 Å². The Morgan fingerprint density at radius 2 is 0.733 bits per heavy atom. The van der Waals surface area contributed by atoms with Crippen LogP contribution in [0.5, 0.6) is 34.5 Å². The monoisotopic (exact) mass is 1410 g/mol. The molecular weight excluding hydrogens is 1300 g/mol. The number of aliphatic carboxylic acids is 1. The fourth-order valence-electron chi connectivity index (χ4n) is 13.2.